The zero-order chi connectivity index (χ0) is 7.56. The Morgan fingerprint density at radius 2 is 2.40 bits per heavy atom. The number of aromatic nitrogens is 2. The SMILES string of the molecule is CCC(=O)c1noc(C)n1. The highest BCUT2D eigenvalue weighted by molar-refractivity contribution is 5.91. The largest absolute Gasteiger partial charge is 0.339 e. The van der Waals surface area contributed by atoms with Crippen LogP contribution in [-0.2, 0) is 0 Å². The first-order valence-corrected chi connectivity index (χ1v) is 3.07. The summed E-state index contributed by atoms with van der Waals surface area (Å²) in [5.74, 6) is 0.522. The fraction of sp³-hybridized carbons (Fsp3) is 0.500. The van der Waals surface area contributed by atoms with E-state index in [4.69, 9.17) is 0 Å². The smallest absolute Gasteiger partial charge is 0.238 e. The number of hydrogen-bond donors (Lipinski definition) is 0. The summed E-state index contributed by atoms with van der Waals surface area (Å²) in [6.07, 6.45) is 0.416. The summed E-state index contributed by atoms with van der Waals surface area (Å²) < 4.78 is 4.61. The molecule has 0 aromatic carbocycles. The minimum Gasteiger partial charge on any atom is -0.339 e. The van der Waals surface area contributed by atoms with Crippen molar-refractivity contribution in [2.45, 2.75) is 20.3 Å². The second kappa shape index (κ2) is 2.60. The van der Waals surface area contributed by atoms with E-state index in [9.17, 15) is 4.79 Å². The molecule has 4 heteroatoms. The van der Waals surface area contributed by atoms with Gasteiger partial charge in [-0.05, 0) is 0 Å². The van der Waals surface area contributed by atoms with Gasteiger partial charge in [0.1, 0.15) is 0 Å². The maximum Gasteiger partial charge on any atom is 0.238 e. The molecule has 0 N–H and O–H groups in total. The zero-order valence-electron chi connectivity index (χ0n) is 5.92. The molecule has 1 aromatic heterocycles. The van der Waals surface area contributed by atoms with Gasteiger partial charge in [0.05, 0.1) is 0 Å². The van der Waals surface area contributed by atoms with E-state index in [2.05, 4.69) is 14.7 Å². The van der Waals surface area contributed by atoms with Gasteiger partial charge in [-0.2, -0.15) is 4.98 Å². The maximum absolute atomic E-state index is 10.8. The Morgan fingerprint density at radius 3 is 2.80 bits per heavy atom. The summed E-state index contributed by atoms with van der Waals surface area (Å²) in [5, 5.41) is 3.45. The topological polar surface area (TPSA) is 56.0 Å². The number of carbonyl (C=O) groups excluding carboxylic acids is 1. The molecular formula is C6H8N2O2. The molecule has 0 atom stereocenters. The van der Waals surface area contributed by atoms with Crippen LogP contribution < -0.4 is 0 Å². The quantitative estimate of drug-likeness (QED) is 0.574. The van der Waals surface area contributed by atoms with Crippen molar-refractivity contribution in [3.63, 3.8) is 0 Å². The van der Waals surface area contributed by atoms with Crippen LogP contribution in [0.3, 0.4) is 0 Å². The fourth-order valence-electron chi connectivity index (χ4n) is 0.571. The second-order valence-electron chi connectivity index (χ2n) is 1.91. The van der Waals surface area contributed by atoms with Crippen LogP contribution in [0.5, 0.6) is 0 Å². The lowest BCUT2D eigenvalue weighted by Crippen LogP contribution is -1.98. The van der Waals surface area contributed by atoms with E-state index in [0.717, 1.165) is 0 Å². The molecule has 0 spiro atoms. The van der Waals surface area contributed by atoms with Gasteiger partial charge in [-0.25, -0.2) is 0 Å². The van der Waals surface area contributed by atoms with E-state index >= 15 is 0 Å². The van der Waals surface area contributed by atoms with Crippen LogP contribution in [0.2, 0.25) is 0 Å². The Labute approximate surface area is 58.2 Å². The predicted molar refractivity (Wildman–Crippen MR) is 33.7 cm³/mol. The molecule has 0 bridgehead atoms. The van der Waals surface area contributed by atoms with E-state index < -0.39 is 0 Å². The van der Waals surface area contributed by atoms with Crippen LogP contribution in [0.1, 0.15) is 29.9 Å². The molecule has 10 heavy (non-hydrogen) atoms. The molecule has 1 heterocycles. The maximum atomic E-state index is 10.8. The molecular weight excluding hydrogens is 132 g/mol. The molecule has 0 saturated heterocycles. The van der Waals surface area contributed by atoms with Gasteiger partial charge in [0.25, 0.3) is 0 Å². The third-order valence-corrected chi connectivity index (χ3v) is 1.10. The van der Waals surface area contributed by atoms with Crippen molar-refractivity contribution in [2.75, 3.05) is 0 Å². The third kappa shape index (κ3) is 1.21. The summed E-state index contributed by atoms with van der Waals surface area (Å²) in [5.41, 5.74) is 0. The average molecular weight is 140 g/mol. The predicted octanol–water partition coefficient (Wildman–Crippen LogP) is 0.971. The van der Waals surface area contributed by atoms with Crippen molar-refractivity contribution in [2.24, 2.45) is 0 Å². The Morgan fingerprint density at radius 1 is 1.70 bits per heavy atom. The van der Waals surface area contributed by atoms with E-state index in [-0.39, 0.29) is 11.6 Å². The van der Waals surface area contributed by atoms with Gasteiger partial charge in [-0.1, -0.05) is 12.1 Å². The fourth-order valence-corrected chi connectivity index (χ4v) is 0.571. The molecule has 0 radical (unpaired) electrons. The monoisotopic (exact) mass is 140 g/mol. The average Bonchev–Trinajstić information content (AvgIpc) is 2.34. The van der Waals surface area contributed by atoms with Gasteiger partial charge in [-0.15, -0.1) is 0 Å². The van der Waals surface area contributed by atoms with Crippen LogP contribution in [0.15, 0.2) is 4.52 Å². The van der Waals surface area contributed by atoms with Gasteiger partial charge in [-0.3, -0.25) is 4.79 Å². The molecule has 0 aliphatic rings. The highest BCUT2D eigenvalue weighted by atomic mass is 16.5. The molecule has 54 valence electrons. The summed E-state index contributed by atoms with van der Waals surface area (Å²) in [6.45, 7) is 3.41. The normalized spacial score (nSPS) is 9.80. The van der Waals surface area contributed by atoms with Gasteiger partial charge in [0.15, 0.2) is 0 Å². The number of rotatable bonds is 2. The number of nitrogens with zero attached hydrogens (tertiary/aromatic N) is 2. The standard InChI is InChI=1S/C6H8N2O2/c1-3-5(9)6-7-4(2)10-8-6/h3H2,1-2H3. The van der Waals surface area contributed by atoms with Crippen molar-refractivity contribution in [3.8, 4) is 0 Å². The minimum atomic E-state index is -0.0862. The molecule has 0 saturated carbocycles. The van der Waals surface area contributed by atoms with E-state index in [1.807, 2.05) is 0 Å². The van der Waals surface area contributed by atoms with Crippen LogP contribution in [0.25, 0.3) is 0 Å². The molecule has 0 aliphatic carbocycles. The van der Waals surface area contributed by atoms with Crippen molar-refractivity contribution in [3.05, 3.63) is 11.7 Å². The van der Waals surface area contributed by atoms with Gasteiger partial charge >= 0.3 is 0 Å². The van der Waals surface area contributed by atoms with Crippen molar-refractivity contribution in [1.29, 1.82) is 0 Å². The molecule has 1 rings (SSSR count). The first-order chi connectivity index (χ1) is 4.74. The Bertz CT molecular complexity index is 242. The third-order valence-electron chi connectivity index (χ3n) is 1.10. The molecule has 0 aliphatic heterocycles. The highest BCUT2D eigenvalue weighted by Gasteiger charge is 2.08. The lowest BCUT2D eigenvalue weighted by molar-refractivity contribution is 0.0975. The molecule has 1 aromatic rings. The Hall–Kier alpha value is -1.19. The first-order valence-electron chi connectivity index (χ1n) is 3.07. The van der Waals surface area contributed by atoms with Gasteiger partial charge in [0.2, 0.25) is 17.5 Å². The zero-order valence-corrected chi connectivity index (χ0v) is 5.92. The van der Waals surface area contributed by atoms with Crippen LogP contribution in [0.4, 0.5) is 0 Å². The molecule has 0 amide bonds. The summed E-state index contributed by atoms with van der Waals surface area (Å²) in [4.78, 5) is 14.6. The van der Waals surface area contributed by atoms with E-state index in [1.54, 1.807) is 13.8 Å². The molecule has 0 unspecified atom stereocenters. The highest BCUT2D eigenvalue weighted by Crippen LogP contribution is 1.97. The van der Waals surface area contributed by atoms with Crippen LogP contribution >= 0.6 is 0 Å². The number of aryl methyl sites for hydroxylation is 1. The Kier molecular flexibility index (Phi) is 1.80. The van der Waals surface area contributed by atoms with Crippen molar-refractivity contribution >= 4 is 5.78 Å². The summed E-state index contributed by atoms with van der Waals surface area (Å²) >= 11 is 0. The van der Waals surface area contributed by atoms with Crippen molar-refractivity contribution in [1.82, 2.24) is 10.1 Å². The van der Waals surface area contributed by atoms with Crippen LogP contribution in [-0.4, -0.2) is 15.9 Å². The van der Waals surface area contributed by atoms with E-state index in [0.29, 0.717) is 12.3 Å². The minimum absolute atomic E-state index is 0.0862. The first kappa shape index (κ1) is 6.92. The number of hydrogen-bond acceptors (Lipinski definition) is 4. The Balaban J connectivity index is 2.85. The van der Waals surface area contributed by atoms with Gasteiger partial charge < -0.3 is 4.52 Å². The number of carbonyl (C=O) groups is 1. The molecule has 0 fully saturated rings. The van der Waals surface area contributed by atoms with Gasteiger partial charge in [0, 0.05) is 13.3 Å². The lowest BCUT2D eigenvalue weighted by atomic mass is 10.3. The molecule has 4 nitrogen and oxygen atoms in total. The summed E-state index contributed by atoms with van der Waals surface area (Å²) in [6, 6.07) is 0. The van der Waals surface area contributed by atoms with Crippen molar-refractivity contribution < 1.29 is 9.32 Å². The lowest BCUT2D eigenvalue weighted by Gasteiger charge is -1.82. The van der Waals surface area contributed by atoms with Crippen LogP contribution in [0, 0.1) is 6.92 Å². The number of Topliss-reactive ketones (excluding diaryl/α,β-unsaturated/α-hetero) is 1. The summed E-state index contributed by atoms with van der Waals surface area (Å²) in [7, 11) is 0. The number of ketones is 1. The van der Waals surface area contributed by atoms with E-state index in [1.165, 1.54) is 0 Å². The second-order valence-corrected chi connectivity index (χ2v) is 1.91.